The molecule has 0 bridgehead atoms. The molecule has 1 saturated heterocycles. The van der Waals surface area contributed by atoms with Crippen molar-refractivity contribution in [3.05, 3.63) is 35.8 Å². The van der Waals surface area contributed by atoms with Crippen molar-refractivity contribution in [3.63, 3.8) is 0 Å². The molecule has 3 aromatic rings. The van der Waals surface area contributed by atoms with Crippen LogP contribution in [0.25, 0.3) is 22.4 Å². The number of nitrogens with two attached hydrogens (primary N) is 1. The second-order valence-electron chi connectivity index (χ2n) is 7.59. The van der Waals surface area contributed by atoms with Crippen molar-refractivity contribution in [3.8, 4) is 17.5 Å². The molecule has 7 nitrogen and oxygen atoms in total. The van der Waals surface area contributed by atoms with E-state index in [1.54, 1.807) is 12.3 Å². The number of anilines is 1. The first-order valence-corrected chi connectivity index (χ1v) is 9.40. The van der Waals surface area contributed by atoms with Crippen LogP contribution in [0, 0.1) is 29.0 Å². The van der Waals surface area contributed by atoms with Crippen LogP contribution in [0.1, 0.15) is 28.7 Å². The third kappa shape index (κ3) is 3.08. The van der Waals surface area contributed by atoms with Crippen LogP contribution >= 0.6 is 0 Å². The first-order valence-electron chi connectivity index (χ1n) is 9.40. The number of aromatic nitrogens is 4. The van der Waals surface area contributed by atoms with E-state index in [9.17, 15) is 9.65 Å². The summed E-state index contributed by atoms with van der Waals surface area (Å²) in [6, 6.07) is 6.98. The Hall–Kier alpha value is -3.05. The van der Waals surface area contributed by atoms with E-state index in [1.165, 1.54) is 6.07 Å². The minimum absolute atomic E-state index is 0. The molecular formula is C20H26FN7. The lowest BCUT2D eigenvalue weighted by atomic mass is 9.91. The van der Waals surface area contributed by atoms with Crippen LogP contribution in [-0.4, -0.2) is 39.3 Å². The topological polar surface area (TPSA) is 108 Å². The van der Waals surface area contributed by atoms with Gasteiger partial charge in [-0.15, -0.1) is 0 Å². The molecule has 0 saturated carbocycles. The molecule has 1 unspecified atom stereocenters. The van der Waals surface area contributed by atoms with Gasteiger partial charge in [0.15, 0.2) is 11.5 Å². The first-order chi connectivity index (χ1) is 13.5. The van der Waals surface area contributed by atoms with E-state index < -0.39 is 5.82 Å². The van der Waals surface area contributed by atoms with E-state index >= 15 is 0 Å². The molecule has 1 aliphatic heterocycles. The van der Waals surface area contributed by atoms with E-state index in [-0.39, 0.29) is 20.2 Å². The van der Waals surface area contributed by atoms with E-state index in [2.05, 4.69) is 40.1 Å². The zero-order chi connectivity index (χ0) is 19.8. The summed E-state index contributed by atoms with van der Waals surface area (Å²) in [6.45, 7) is 5.67. The highest BCUT2D eigenvalue weighted by Gasteiger charge is 2.31. The smallest absolute Gasteiger partial charge is 0.181 e. The standard InChI is InChI=1S/C20H22FN7.2H2/c1-11(2)16(23)12-5-7-28(10-12)20-13(9-22)8-15(21)18(25-20)17-14-4-3-6-24-19(14)27-26-17;;/h3-4,6,8,11-12,16H,5,7,10,23H2,1-2H3,(H,24,26,27);2*1H/t12-,16?;;/m0../s1. The largest absolute Gasteiger partial charge is 0.355 e. The molecule has 0 spiro atoms. The predicted octanol–water partition coefficient (Wildman–Crippen LogP) is 3.33. The van der Waals surface area contributed by atoms with Gasteiger partial charge in [-0.05, 0) is 36.5 Å². The van der Waals surface area contributed by atoms with Crippen LogP contribution in [-0.2, 0) is 0 Å². The Morgan fingerprint density at radius 3 is 3.04 bits per heavy atom. The summed E-state index contributed by atoms with van der Waals surface area (Å²) in [5.74, 6) is 0.619. The summed E-state index contributed by atoms with van der Waals surface area (Å²) in [5, 5.41) is 17.2. The van der Waals surface area contributed by atoms with Crippen LogP contribution in [0.2, 0.25) is 0 Å². The molecule has 1 fully saturated rings. The van der Waals surface area contributed by atoms with Gasteiger partial charge in [0.2, 0.25) is 0 Å². The highest BCUT2D eigenvalue weighted by Crippen LogP contribution is 2.33. The van der Waals surface area contributed by atoms with Gasteiger partial charge in [0.05, 0.1) is 11.3 Å². The van der Waals surface area contributed by atoms with Crippen molar-refractivity contribution in [2.24, 2.45) is 17.6 Å². The van der Waals surface area contributed by atoms with Crippen molar-refractivity contribution in [2.45, 2.75) is 26.3 Å². The average molecular weight is 383 g/mol. The fourth-order valence-electron chi connectivity index (χ4n) is 3.85. The maximum atomic E-state index is 14.8. The Labute approximate surface area is 165 Å². The molecule has 2 atom stereocenters. The summed E-state index contributed by atoms with van der Waals surface area (Å²) in [6.07, 6.45) is 2.55. The molecule has 0 aromatic carbocycles. The number of halogens is 1. The normalized spacial score (nSPS) is 18.0. The van der Waals surface area contributed by atoms with Gasteiger partial charge < -0.3 is 10.6 Å². The van der Waals surface area contributed by atoms with Crippen LogP contribution in [0.4, 0.5) is 10.2 Å². The first kappa shape index (κ1) is 18.3. The lowest BCUT2D eigenvalue weighted by molar-refractivity contribution is 0.365. The molecule has 148 valence electrons. The van der Waals surface area contributed by atoms with Gasteiger partial charge in [0.25, 0.3) is 0 Å². The molecule has 28 heavy (non-hydrogen) atoms. The SMILES string of the molecule is CC(C)C(N)[C@H]1CCN(c2nc(-c3[nH]nc4ncccc34)c(F)cc2C#N)C1.[HH].[HH]. The molecule has 0 radical (unpaired) electrons. The molecule has 4 rings (SSSR count). The predicted molar refractivity (Wildman–Crippen MR) is 109 cm³/mol. The second-order valence-corrected chi connectivity index (χ2v) is 7.59. The minimum atomic E-state index is -0.565. The highest BCUT2D eigenvalue weighted by atomic mass is 19.1. The van der Waals surface area contributed by atoms with E-state index in [0.29, 0.717) is 40.9 Å². The Bertz CT molecular complexity index is 1060. The van der Waals surface area contributed by atoms with E-state index in [0.717, 1.165) is 13.0 Å². The Balaban J connectivity index is 0.00000160. The van der Waals surface area contributed by atoms with Gasteiger partial charge in [-0.25, -0.2) is 14.4 Å². The Morgan fingerprint density at radius 1 is 1.46 bits per heavy atom. The zero-order valence-electron chi connectivity index (χ0n) is 15.9. The van der Waals surface area contributed by atoms with Crippen LogP contribution in [0.5, 0.6) is 0 Å². The lowest BCUT2D eigenvalue weighted by Gasteiger charge is -2.24. The Morgan fingerprint density at radius 2 is 2.29 bits per heavy atom. The van der Waals surface area contributed by atoms with Crippen LogP contribution in [0.3, 0.4) is 0 Å². The number of nitrogens with one attached hydrogen (secondary N) is 1. The van der Waals surface area contributed by atoms with E-state index in [4.69, 9.17) is 5.73 Å². The zero-order valence-corrected chi connectivity index (χ0v) is 15.9. The lowest BCUT2D eigenvalue weighted by Crippen LogP contribution is -2.37. The number of hydrogen-bond acceptors (Lipinski definition) is 6. The summed E-state index contributed by atoms with van der Waals surface area (Å²) in [5.41, 5.74) is 7.65. The number of H-pyrrole nitrogens is 1. The fraction of sp³-hybridized carbons (Fsp3) is 0.400. The summed E-state index contributed by atoms with van der Waals surface area (Å²) in [4.78, 5) is 10.7. The quantitative estimate of drug-likeness (QED) is 0.715. The van der Waals surface area contributed by atoms with Crippen LogP contribution in [0.15, 0.2) is 24.4 Å². The number of fused-ring (bicyclic) bond motifs is 1. The number of aromatic amines is 1. The summed E-state index contributed by atoms with van der Waals surface area (Å²) in [7, 11) is 0. The van der Waals surface area contributed by atoms with Crippen molar-refractivity contribution in [2.75, 3.05) is 18.0 Å². The monoisotopic (exact) mass is 383 g/mol. The number of nitriles is 1. The maximum Gasteiger partial charge on any atom is 0.181 e. The molecule has 8 heteroatoms. The second kappa shape index (κ2) is 7.17. The van der Waals surface area contributed by atoms with Crippen molar-refractivity contribution in [1.82, 2.24) is 20.2 Å². The van der Waals surface area contributed by atoms with Crippen LogP contribution < -0.4 is 10.6 Å². The van der Waals surface area contributed by atoms with Crippen molar-refractivity contribution < 1.29 is 7.24 Å². The Kier molecular flexibility index (Phi) is 4.69. The van der Waals surface area contributed by atoms with Gasteiger partial charge in [-0.1, -0.05) is 13.8 Å². The van der Waals surface area contributed by atoms with Gasteiger partial charge in [-0.2, -0.15) is 10.4 Å². The third-order valence-electron chi connectivity index (χ3n) is 5.48. The number of pyridine rings is 2. The average Bonchev–Trinajstić information content (AvgIpc) is 3.34. The molecule has 3 N–H and O–H groups in total. The molecule has 0 aliphatic carbocycles. The minimum Gasteiger partial charge on any atom is -0.355 e. The van der Waals surface area contributed by atoms with Crippen molar-refractivity contribution >= 4 is 16.9 Å². The van der Waals surface area contributed by atoms with E-state index in [1.807, 2.05) is 11.0 Å². The highest BCUT2D eigenvalue weighted by molar-refractivity contribution is 5.90. The molecule has 0 amide bonds. The van der Waals surface area contributed by atoms with Crippen molar-refractivity contribution in [1.29, 1.82) is 5.26 Å². The van der Waals surface area contributed by atoms with Gasteiger partial charge in [0, 0.05) is 33.6 Å². The fourth-order valence-corrected chi connectivity index (χ4v) is 3.85. The maximum absolute atomic E-state index is 14.8. The summed E-state index contributed by atoms with van der Waals surface area (Å²) < 4.78 is 14.8. The number of rotatable bonds is 4. The van der Waals surface area contributed by atoms with Gasteiger partial charge >= 0.3 is 0 Å². The molecule has 3 aromatic heterocycles. The van der Waals surface area contributed by atoms with Gasteiger partial charge in [0.1, 0.15) is 17.6 Å². The molecular weight excluding hydrogens is 357 g/mol. The molecule has 1 aliphatic rings. The number of hydrogen-bond donors (Lipinski definition) is 2. The third-order valence-corrected chi connectivity index (χ3v) is 5.48. The van der Waals surface area contributed by atoms with Gasteiger partial charge in [-0.3, -0.25) is 5.10 Å². The molecule has 4 heterocycles. The summed E-state index contributed by atoms with van der Waals surface area (Å²) >= 11 is 0. The number of nitrogens with zero attached hydrogens (tertiary/aromatic N) is 5.